The third-order valence-corrected chi connectivity index (χ3v) is 3.62. The molecular formula is C10H18N2S2. The minimum Gasteiger partial charge on any atom is -0.323 e. The lowest BCUT2D eigenvalue weighted by atomic mass is 10.2. The first kappa shape index (κ1) is 12.0. The highest BCUT2D eigenvalue weighted by Gasteiger charge is 2.09. The third-order valence-electron chi connectivity index (χ3n) is 2.05. The van der Waals surface area contributed by atoms with Crippen LogP contribution in [0.3, 0.4) is 0 Å². The van der Waals surface area contributed by atoms with Crippen LogP contribution >= 0.6 is 23.1 Å². The van der Waals surface area contributed by atoms with Crippen LogP contribution in [0, 0.1) is 0 Å². The standard InChI is InChI=1S/C10H18N2S2/c1-3-4-10-12-9(7-14-10)8(11)5-6-13-2/h7-8H,3-6,11H2,1-2H3. The van der Waals surface area contributed by atoms with Gasteiger partial charge >= 0.3 is 0 Å². The van der Waals surface area contributed by atoms with Crippen molar-refractivity contribution < 1.29 is 0 Å². The van der Waals surface area contributed by atoms with E-state index in [-0.39, 0.29) is 6.04 Å². The summed E-state index contributed by atoms with van der Waals surface area (Å²) in [4.78, 5) is 4.54. The van der Waals surface area contributed by atoms with Crippen molar-refractivity contribution in [1.29, 1.82) is 0 Å². The normalized spacial score (nSPS) is 13.1. The van der Waals surface area contributed by atoms with E-state index in [9.17, 15) is 0 Å². The Labute approximate surface area is 94.3 Å². The van der Waals surface area contributed by atoms with Crippen molar-refractivity contribution >= 4 is 23.1 Å². The van der Waals surface area contributed by atoms with Crippen LogP contribution in [0.25, 0.3) is 0 Å². The van der Waals surface area contributed by atoms with E-state index in [0.29, 0.717) is 0 Å². The second kappa shape index (κ2) is 6.43. The van der Waals surface area contributed by atoms with Gasteiger partial charge in [0.15, 0.2) is 0 Å². The van der Waals surface area contributed by atoms with Gasteiger partial charge in [0.1, 0.15) is 0 Å². The number of nitrogens with two attached hydrogens (primary N) is 1. The number of thioether (sulfide) groups is 1. The summed E-state index contributed by atoms with van der Waals surface area (Å²) in [6.45, 7) is 2.18. The molecule has 80 valence electrons. The minimum absolute atomic E-state index is 0.129. The van der Waals surface area contributed by atoms with E-state index in [4.69, 9.17) is 5.73 Å². The second-order valence-electron chi connectivity index (χ2n) is 3.30. The fraction of sp³-hybridized carbons (Fsp3) is 0.700. The second-order valence-corrected chi connectivity index (χ2v) is 5.23. The van der Waals surface area contributed by atoms with Crippen LogP contribution in [0.15, 0.2) is 5.38 Å². The van der Waals surface area contributed by atoms with Gasteiger partial charge in [-0.05, 0) is 31.3 Å². The smallest absolute Gasteiger partial charge is 0.0928 e. The Morgan fingerprint density at radius 3 is 3.07 bits per heavy atom. The van der Waals surface area contributed by atoms with E-state index in [1.54, 1.807) is 11.3 Å². The molecule has 1 heterocycles. The number of thiazole rings is 1. The van der Waals surface area contributed by atoms with Crippen molar-refractivity contribution in [3.8, 4) is 0 Å². The van der Waals surface area contributed by atoms with Gasteiger partial charge in [-0.2, -0.15) is 11.8 Å². The average Bonchev–Trinajstić information content (AvgIpc) is 2.63. The van der Waals surface area contributed by atoms with Crippen molar-refractivity contribution in [1.82, 2.24) is 4.98 Å². The molecule has 0 saturated heterocycles. The largest absolute Gasteiger partial charge is 0.323 e. The molecule has 0 fully saturated rings. The summed E-state index contributed by atoms with van der Waals surface area (Å²) < 4.78 is 0. The maximum Gasteiger partial charge on any atom is 0.0928 e. The summed E-state index contributed by atoms with van der Waals surface area (Å²) in [5.41, 5.74) is 7.10. The first-order valence-electron chi connectivity index (χ1n) is 4.96. The van der Waals surface area contributed by atoms with Gasteiger partial charge in [-0.25, -0.2) is 4.98 Å². The van der Waals surface area contributed by atoms with Crippen LogP contribution in [-0.4, -0.2) is 17.0 Å². The SMILES string of the molecule is CCCc1nc(C(N)CCSC)cs1. The Morgan fingerprint density at radius 2 is 2.43 bits per heavy atom. The first-order chi connectivity index (χ1) is 6.77. The van der Waals surface area contributed by atoms with E-state index < -0.39 is 0 Å². The summed E-state index contributed by atoms with van der Waals surface area (Å²) in [6.07, 6.45) is 5.37. The zero-order chi connectivity index (χ0) is 10.4. The monoisotopic (exact) mass is 230 g/mol. The van der Waals surface area contributed by atoms with E-state index in [1.807, 2.05) is 11.8 Å². The number of rotatable bonds is 6. The van der Waals surface area contributed by atoms with Gasteiger partial charge in [-0.3, -0.25) is 0 Å². The first-order valence-corrected chi connectivity index (χ1v) is 7.24. The summed E-state index contributed by atoms with van der Waals surface area (Å²) in [5.74, 6) is 1.11. The molecule has 0 aliphatic rings. The lowest BCUT2D eigenvalue weighted by Crippen LogP contribution is -2.11. The predicted molar refractivity (Wildman–Crippen MR) is 66.0 cm³/mol. The van der Waals surface area contributed by atoms with Gasteiger partial charge in [0.05, 0.1) is 10.7 Å². The van der Waals surface area contributed by atoms with Crippen molar-refractivity contribution in [2.24, 2.45) is 5.73 Å². The zero-order valence-electron chi connectivity index (χ0n) is 8.82. The molecule has 1 aromatic rings. The van der Waals surface area contributed by atoms with Crippen LogP contribution in [-0.2, 0) is 6.42 Å². The molecule has 0 amide bonds. The Balaban J connectivity index is 2.48. The third kappa shape index (κ3) is 3.59. The van der Waals surface area contributed by atoms with Gasteiger partial charge in [-0.1, -0.05) is 6.92 Å². The molecule has 0 aromatic carbocycles. The van der Waals surface area contributed by atoms with Crippen LogP contribution in [0.4, 0.5) is 0 Å². The Morgan fingerprint density at radius 1 is 1.64 bits per heavy atom. The molecule has 0 aliphatic carbocycles. The Kier molecular flexibility index (Phi) is 5.52. The highest BCUT2D eigenvalue weighted by atomic mass is 32.2. The summed E-state index contributed by atoms with van der Waals surface area (Å²) in [6, 6.07) is 0.129. The molecule has 0 spiro atoms. The van der Waals surface area contributed by atoms with Gasteiger partial charge in [0, 0.05) is 11.4 Å². The van der Waals surface area contributed by atoms with Crippen LogP contribution in [0.1, 0.15) is 36.5 Å². The summed E-state index contributed by atoms with van der Waals surface area (Å²) in [7, 11) is 0. The highest BCUT2D eigenvalue weighted by Crippen LogP contribution is 2.19. The lowest BCUT2D eigenvalue weighted by molar-refractivity contribution is 0.682. The number of hydrogen-bond donors (Lipinski definition) is 1. The van der Waals surface area contributed by atoms with E-state index in [0.717, 1.165) is 30.7 Å². The summed E-state index contributed by atoms with van der Waals surface area (Å²) in [5, 5.41) is 3.33. The molecular weight excluding hydrogens is 212 g/mol. The topological polar surface area (TPSA) is 38.9 Å². The van der Waals surface area contributed by atoms with E-state index in [1.165, 1.54) is 5.01 Å². The molecule has 14 heavy (non-hydrogen) atoms. The number of aryl methyl sites for hydroxylation is 1. The minimum atomic E-state index is 0.129. The van der Waals surface area contributed by atoms with Crippen LogP contribution in [0.2, 0.25) is 0 Å². The molecule has 0 bridgehead atoms. The van der Waals surface area contributed by atoms with Crippen LogP contribution in [0.5, 0.6) is 0 Å². The average molecular weight is 230 g/mol. The van der Waals surface area contributed by atoms with Crippen molar-refractivity contribution in [2.45, 2.75) is 32.2 Å². The fourth-order valence-corrected chi connectivity index (χ4v) is 2.67. The Hall–Kier alpha value is -0.0600. The molecule has 1 unspecified atom stereocenters. The van der Waals surface area contributed by atoms with Crippen molar-refractivity contribution in [3.05, 3.63) is 16.1 Å². The van der Waals surface area contributed by atoms with Crippen molar-refractivity contribution in [2.75, 3.05) is 12.0 Å². The molecule has 4 heteroatoms. The number of aromatic nitrogens is 1. The van der Waals surface area contributed by atoms with Gasteiger partial charge in [-0.15, -0.1) is 11.3 Å². The fourth-order valence-electron chi connectivity index (χ4n) is 1.22. The quantitative estimate of drug-likeness (QED) is 0.816. The van der Waals surface area contributed by atoms with Gasteiger partial charge in [0.25, 0.3) is 0 Å². The molecule has 0 radical (unpaired) electrons. The molecule has 1 aromatic heterocycles. The highest BCUT2D eigenvalue weighted by molar-refractivity contribution is 7.98. The Bertz CT molecular complexity index is 260. The lowest BCUT2D eigenvalue weighted by Gasteiger charge is -2.06. The molecule has 2 N–H and O–H groups in total. The molecule has 0 aliphatic heterocycles. The molecule has 0 saturated carbocycles. The predicted octanol–water partition coefficient (Wildman–Crippen LogP) is 2.85. The van der Waals surface area contributed by atoms with Crippen LogP contribution < -0.4 is 5.73 Å². The van der Waals surface area contributed by atoms with Gasteiger partial charge in [0.2, 0.25) is 0 Å². The number of nitrogens with zero attached hydrogens (tertiary/aromatic N) is 1. The molecule has 1 rings (SSSR count). The maximum absolute atomic E-state index is 6.02. The van der Waals surface area contributed by atoms with Gasteiger partial charge < -0.3 is 5.73 Å². The van der Waals surface area contributed by atoms with E-state index >= 15 is 0 Å². The number of hydrogen-bond acceptors (Lipinski definition) is 4. The molecule has 1 atom stereocenters. The van der Waals surface area contributed by atoms with Crippen molar-refractivity contribution in [3.63, 3.8) is 0 Å². The maximum atomic E-state index is 6.02. The van der Waals surface area contributed by atoms with E-state index in [2.05, 4.69) is 23.5 Å². The molecule has 2 nitrogen and oxygen atoms in total. The summed E-state index contributed by atoms with van der Waals surface area (Å²) >= 11 is 3.58. The zero-order valence-corrected chi connectivity index (χ0v) is 10.5.